The maximum atomic E-state index is 13.6. The molecular weight excluding hydrogens is 306 g/mol. The fraction of sp³-hybridized carbons (Fsp3) is 0.500. The van der Waals surface area contributed by atoms with Crippen molar-refractivity contribution in [3.63, 3.8) is 0 Å². The van der Waals surface area contributed by atoms with E-state index in [2.05, 4.69) is 4.72 Å². The summed E-state index contributed by atoms with van der Waals surface area (Å²) in [6.45, 7) is 2.17. The maximum absolute atomic E-state index is 13.6. The van der Waals surface area contributed by atoms with Gasteiger partial charge in [-0.1, -0.05) is 0 Å². The van der Waals surface area contributed by atoms with Crippen LogP contribution < -0.4 is 10.5 Å². The second-order valence-corrected chi connectivity index (χ2v) is 8.45. The van der Waals surface area contributed by atoms with E-state index in [1.165, 1.54) is 0 Å². The molecule has 1 unspecified atom stereocenters. The third-order valence-corrected chi connectivity index (χ3v) is 6.23. The average Bonchev–Trinajstić information content (AvgIpc) is 2.79. The highest BCUT2D eigenvalue weighted by molar-refractivity contribution is 8.01. The number of hydrogen-bond donors (Lipinski definition) is 2. The first-order valence-corrected chi connectivity index (χ1v) is 8.59. The number of nitrogens with two attached hydrogens (primary N) is 1. The molecule has 4 nitrogen and oxygen atoms in total. The minimum atomic E-state index is -4.04. The van der Waals surface area contributed by atoms with Crippen LogP contribution in [-0.4, -0.2) is 25.5 Å². The molecule has 2 rings (SSSR count). The fourth-order valence-electron chi connectivity index (χ4n) is 2.05. The van der Waals surface area contributed by atoms with Crippen molar-refractivity contribution in [2.75, 3.05) is 18.0 Å². The van der Waals surface area contributed by atoms with Crippen LogP contribution in [0.25, 0.3) is 0 Å². The van der Waals surface area contributed by atoms with Crippen molar-refractivity contribution < 1.29 is 17.2 Å². The van der Waals surface area contributed by atoms with Crippen LogP contribution in [0.5, 0.6) is 0 Å². The highest BCUT2D eigenvalue weighted by Crippen LogP contribution is 2.37. The second kappa shape index (κ2) is 5.50. The molecule has 0 spiro atoms. The summed E-state index contributed by atoms with van der Waals surface area (Å²) in [5.41, 5.74) is 4.90. The minimum absolute atomic E-state index is 0.185. The Morgan fingerprint density at radius 1 is 1.40 bits per heavy atom. The minimum Gasteiger partial charge on any atom is -0.396 e. The van der Waals surface area contributed by atoms with Crippen LogP contribution in [0.4, 0.5) is 14.5 Å². The molecule has 1 heterocycles. The van der Waals surface area contributed by atoms with Crippen molar-refractivity contribution in [1.82, 2.24) is 4.72 Å². The quantitative estimate of drug-likeness (QED) is 0.833. The Bertz CT molecular complexity index is 614. The Morgan fingerprint density at radius 2 is 2.10 bits per heavy atom. The topological polar surface area (TPSA) is 72.2 Å². The van der Waals surface area contributed by atoms with E-state index in [0.29, 0.717) is 6.07 Å². The van der Waals surface area contributed by atoms with Gasteiger partial charge in [-0.2, -0.15) is 11.8 Å². The van der Waals surface area contributed by atoms with Crippen molar-refractivity contribution >= 4 is 27.5 Å². The molecule has 8 heteroatoms. The van der Waals surface area contributed by atoms with Crippen LogP contribution in [0.2, 0.25) is 0 Å². The molecule has 112 valence electrons. The molecule has 1 atom stereocenters. The lowest BCUT2D eigenvalue weighted by Gasteiger charge is -2.22. The summed E-state index contributed by atoms with van der Waals surface area (Å²) in [6.07, 6.45) is 1.93. The van der Waals surface area contributed by atoms with Gasteiger partial charge in [-0.3, -0.25) is 0 Å². The van der Waals surface area contributed by atoms with Gasteiger partial charge in [-0.25, -0.2) is 21.9 Å². The number of rotatable bonds is 4. The Morgan fingerprint density at radius 3 is 2.70 bits per heavy atom. The number of thioether (sulfide) groups is 1. The molecule has 0 aliphatic carbocycles. The molecule has 1 aromatic rings. The van der Waals surface area contributed by atoms with Gasteiger partial charge >= 0.3 is 0 Å². The van der Waals surface area contributed by atoms with Crippen molar-refractivity contribution in [2.45, 2.75) is 29.4 Å². The van der Waals surface area contributed by atoms with Crippen molar-refractivity contribution in [3.05, 3.63) is 23.8 Å². The number of anilines is 1. The van der Waals surface area contributed by atoms with Crippen LogP contribution in [0.3, 0.4) is 0 Å². The van der Waals surface area contributed by atoms with Gasteiger partial charge in [-0.05, 0) is 31.6 Å². The number of halogens is 2. The van der Waals surface area contributed by atoms with Crippen molar-refractivity contribution in [2.24, 2.45) is 0 Å². The van der Waals surface area contributed by atoms with Crippen LogP contribution >= 0.6 is 11.8 Å². The van der Waals surface area contributed by atoms with Crippen LogP contribution in [-0.2, 0) is 10.0 Å². The van der Waals surface area contributed by atoms with Crippen molar-refractivity contribution in [1.29, 1.82) is 0 Å². The molecule has 0 aromatic heterocycles. The Hall–Kier alpha value is -0.860. The van der Waals surface area contributed by atoms with Gasteiger partial charge in [0.1, 0.15) is 16.5 Å². The summed E-state index contributed by atoms with van der Waals surface area (Å²) < 4.78 is 53.0. The zero-order chi connectivity index (χ0) is 15.0. The van der Waals surface area contributed by atoms with E-state index in [1.807, 2.05) is 6.92 Å². The Balaban J connectivity index is 2.20. The number of benzene rings is 1. The third kappa shape index (κ3) is 3.24. The lowest BCUT2D eigenvalue weighted by atomic mass is 10.1. The first-order chi connectivity index (χ1) is 9.23. The van der Waals surface area contributed by atoms with Gasteiger partial charge in [0.2, 0.25) is 10.0 Å². The summed E-state index contributed by atoms with van der Waals surface area (Å²) >= 11 is 1.68. The second-order valence-electron chi connectivity index (χ2n) is 5.03. The predicted molar refractivity (Wildman–Crippen MR) is 76.1 cm³/mol. The Labute approximate surface area is 121 Å². The molecule has 1 aliphatic rings. The van der Waals surface area contributed by atoms with E-state index >= 15 is 0 Å². The number of hydrogen-bond acceptors (Lipinski definition) is 4. The standard InChI is InChI=1S/C12H16F2N2O2S2/c1-12(3-2-4-19-12)7-16-20(17,18)11-6-10(15)8(13)5-9(11)14/h5-6,16H,2-4,7,15H2,1H3. The highest BCUT2D eigenvalue weighted by Gasteiger charge is 2.32. The molecule has 0 saturated carbocycles. The fourth-order valence-corrected chi connectivity index (χ4v) is 4.65. The molecule has 1 aliphatic heterocycles. The molecule has 1 fully saturated rings. The average molecular weight is 322 g/mol. The predicted octanol–water partition coefficient (Wildman–Crippen LogP) is 2.11. The van der Waals surface area contributed by atoms with Gasteiger partial charge in [0.15, 0.2) is 0 Å². The van der Waals surface area contributed by atoms with Crippen LogP contribution in [0.1, 0.15) is 19.8 Å². The van der Waals surface area contributed by atoms with Crippen LogP contribution in [0, 0.1) is 11.6 Å². The smallest absolute Gasteiger partial charge is 0.243 e. The SMILES string of the molecule is CC1(CNS(=O)(=O)c2cc(N)c(F)cc2F)CCCS1. The molecular formula is C12H16F2N2O2S2. The molecule has 0 bridgehead atoms. The van der Waals surface area contributed by atoms with Gasteiger partial charge in [-0.15, -0.1) is 0 Å². The van der Waals surface area contributed by atoms with E-state index in [-0.39, 0.29) is 11.3 Å². The maximum Gasteiger partial charge on any atom is 0.243 e. The number of nitrogens with one attached hydrogen (secondary N) is 1. The summed E-state index contributed by atoms with van der Waals surface area (Å²) in [5, 5.41) is 0. The highest BCUT2D eigenvalue weighted by atomic mass is 32.2. The number of sulfonamides is 1. The van der Waals surface area contributed by atoms with Gasteiger partial charge < -0.3 is 5.73 Å². The van der Waals surface area contributed by atoms with Gasteiger partial charge in [0.25, 0.3) is 0 Å². The molecule has 3 N–H and O–H groups in total. The summed E-state index contributed by atoms with van der Waals surface area (Å²) in [5.74, 6) is -1.14. The van der Waals surface area contributed by atoms with Gasteiger partial charge in [0, 0.05) is 17.4 Å². The first kappa shape index (κ1) is 15.5. The molecule has 0 radical (unpaired) electrons. The summed E-state index contributed by atoms with van der Waals surface area (Å²) in [6, 6.07) is 1.28. The molecule has 20 heavy (non-hydrogen) atoms. The molecule has 1 saturated heterocycles. The third-order valence-electron chi connectivity index (χ3n) is 3.28. The van der Waals surface area contributed by atoms with Crippen LogP contribution in [0.15, 0.2) is 17.0 Å². The van der Waals surface area contributed by atoms with E-state index in [1.54, 1.807) is 11.8 Å². The molecule has 1 aromatic carbocycles. The van der Waals surface area contributed by atoms with Gasteiger partial charge in [0.05, 0.1) is 5.69 Å². The van der Waals surface area contributed by atoms with E-state index in [9.17, 15) is 17.2 Å². The Kier molecular flexibility index (Phi) is 4.27. The van der Waals surface area contributed by atoms with E-state index in [4.69, 9.17) is 5.73 Å². The van der Waals surface area contributed by atoms with Crippen molar-refractivity contribution in [3.8, 4) is 0 Å². The zero-order valence-corrected chi connectivity index (χ0v) is 12.6. The zero-order valence-electron chi connectivity index (χ0n) is 10.9. The van der Waals surface area contributed by atoms with E-state index < -0.39 is 32.2 Å². The molecule has 0 amide bonds. The lowest BCUT2D eigenvalue weighted by Crippen LogP contribution is -2.37. The van der Waals surface area contributed by atoms with E-state index in [0.717, 1.165) is 24.7 Å². The lowest BCUT2D eigenvalue weighted by molar-refractivity contribution is 0.533. The first-order valence-electron chi connectivity index (χ1n) is 6.12. The largest absolute Gasteiger partial charge is 0.396 e. The summed E-state index contributed by atoms with van der Waals surface area (Å²) in [4.78, 5) is -0.622. The number of nitrogen functional groups attached to an aromatic ring is 1. The normalized spacial score (nSPS) is 23.1. The summed E-state index contributed by atoms with van der Waals surface area (Å²) in [7, 11) is -4.04. The monoisotopic (exact) mass is 322 g/mol.